The van der Waals surface area contributed by atoms with Crippen molar-refractivity contribution in [2.45, 2.75) is 71.6 Å². The van der Waals surface area contributed by atoms with Crippen LogP contribution in [0.5, 0.6) is 0 Å². The fourth-order valence-electron chi connectivity index (χ4n) is 1.75. The van der Waals surface area contributed by atoms with Crippen LogP contribution in [0.1, 0.15) is 71.6 Å². The maximum absolute atomic E-state index is 11.1. The Labute approximate surface area is 118 Å². The Morgan fingerprint density at radius 2 is 1.58 bits per heavy atom. The van der Waals surface area contributed by atoms with Gasteiger partial charge in [-0.1, -0.05) is 44.9 Å². The summed E-state index contributed by atoms with van der Waals surface area (Å²) in [7, 11) is 0. The van der Waals surface area contributed by atoms with E-state index in [9.17, 15) is 4.79 Å². The van der Waals surface area contributed by atoms with Gasteiger partial charge in [0.25, 0.3) is 0 Å². The zero-order valence-electron chi connectivity index (χ0n) is 12.7. The van der Waals surface area contributed by atoms with Crippen LogP contribution in [0.4, 0.5) is 0 Å². The van der Waals surface area contributed by atoms with Crippen molar-refractivity contribution in [3.05, 3.63) is 24.3 Å². The summed E-state index contributed by atoms with van der Waals surface area (Å²) in [6.45, 7) is 7.98. The molecule has 0 heterocycles. The van der Waals surface area contributed by atoms with Gasteiger partial charge in [-0.15, -0.1) is 0 Å². The number of unbranched alkanes of at least 4 members (excludes halogenated alkanes) is 7. The molecule has 0 aromatic heterocycles. The minimum atomic E-state index is -0.271. The molecule has 0 fully saturated rings. The summed E-state index contributed by atoms with van der Waals surface area (Å²) in [5, 5.41) is 0. The third kappa shape index (κ3) is 13.2. The molecule has 19 heavy (non-hydrogen) atoms. The molecular formula is C17H30O2. The van der Waals surface area contributed by atoms with E-state index in [0.29, 0.717) is 12.2 Å². The van der Waals surface area contributed by atoms with Crippen molar-refractivity contribution in [1.29, 1.82) is 0 Å². The number of allylic oxidation sites excluding steroid dienone is 2. The van der Waals surface area contributed by atoms with E-state index >= 15 is 0 Å². The van der Waals surface area contributed by atoms with Gasteiger partial charge in [0.15, 0.2) is 0 Å². The molecule has 0 aromatic rings. The molecule has 0 aliphatic rings. The molecule has 2 heteroatoms. The number of esters is 1. The Bertz CT molecular complexity index is 266. The zero-order chi connectivity index (χ0) is 14.3. The van der Waals surface area contributed by atoms with Gasteiger partial charge >= 0.3 is 5.97 Å². The Kier molecular flexibility index (Phi) is 12.6. The summed E-state index contributed by atoms with van der Waals surface area (Å²) in [5.74, 6) is -0.271. The minimum absolute atomic E-state index is 0.271. The molecule has 2 nitrogen and oxygen atoms in total. The molecule has 0 aromatic carbocycles. The number of ether oxygens (including phenoxy) is 1. The fraction of sp³-hybridized carbons (Fsp3) is 0.706. The van der Waals surface area contributed by atoms with Crippen LogP contribution in [-0.4, -0.2) is 12.6 Å². The Hall–Kier alpha value is -1.05. The lowest BCUT2D eigenvalue weighted by Gasteiger charge is -2.03. The van der Waals surface area contributed by atoms with Crippen LogP contribution in [0.2, 0.25) is 0 Å². The zero-order valence-corrected chi connectivity index (χ0v) is 12.7. The molecule has 0 aliphatic heterocycles. The van der Waals surface area contributed by atoms with E-state index in [4.69, 9.17) is 4.74 Å². The minimum Gasteiger partial charge on any atom is -0.462 e. The van der Waals surface area contributed by atoms with Gasteiger partial charge in [0.2, 0.25) is 0 Å². The highest BCUT2D eigenvalue weighted by Gasteiger charge is 2.01. The molecule has 110 valence electrons. The van der Waals surface area contributed by atoms with Gasteiger partial charge in [-0.25, -0.2) is 4.79 Å². The van der Waals surface area contributed by atoms with Crippen LogP contribution in [0.25, 0.3) is 0 Å². The van der Waals surface area contributed by atoms with E-state index in [1.807, 2.05) is 0 Å². The van der Waals surface area contributed by atoms with Crippen molar-refractivity contribution in [3.8, 4) is 0 Å². The lowest BCUT2D eigenvalue weighted by molar-refractivity contribution is -0.139. The van der Waals surface area contributed by atoms with Crippen LogP contribution in [0.15, 0.2) is 24.3 Å². The Morgan fingerprint density at radius 3 is 2.11 bits per heavy atom. The summed E-state index contributed by atoms with van der Waals surface area (Å²) in [6.07, 6.45) is 15.5. The number of rotatable bonds is 12. The standard InChI is InChI=1S/C17H30O2/c1-4-5-6-7-8-9-10-11-12-13-14-15-19-17(18)16(2)3/h9-10H,2,4-8,11-15H2,1,3H3/b10-9+. The van der Waals surface area contributed by atoms with Crippen molar-refractivity contribution in [1.82, 2.24) is 0 Å². The van der Waals surface area contributed by atoms with Crippen molar-refractivity contribution >= 4 is 5.97 Å². The molecule has 0 aliphatic carbocycles. The Morgan fingerprint density at radius 1 is 1.00 bits per heavy atom. The second-order valence-electron chi connectivity index (χ2n) is 5.09. The van der Waals surface area contributed by atoms with Gasteiger partial charge in [-0.2, -0.15) is 0 Å². The van der Waals surface area contributed by atoms with E-state index in [1.54, 1.807) is 6.92 Å². The Balaban J connectivity index is 3.20. The topological polar surface area (TPSA) is 26.3 Å². The molecule has 0 saturated heterocycles. The van der Waals surface area contributed by atoms with Gasteiger partial charge in [0, 0.05) is 5.57 Å². The van der Waals surface area contributed by atoms with E-state index in [0.717, 1.165) is 19.3 Å². The van der Waals surface area contributed by atoms with Gasteiger partial charge in [-0.05, 0) is 45.4 Å². The fourth-order valence-corrected chi connectivity index (χ4v) is 1.75. The SMILES string of the molecule is C=C(C)C(=O)OCCCCC/C=C/CCCCCC. The average Bonchev–Trinajstić information content (AvgIpc) is 2.39. The molecule has 0 atom stereocenters. The second kappa shape index (κ2) is 13.4. The van der Waals surface area contributed by atoms with Gasteiger partial charge in [-0.3, -0.25) is 0 Å². The number of carbonyl (C=O) groups is 1. The molecule has 0 rings (SSSR count). The molecule has 0 spiro atoms. The smallest absolute Gasteiger partial charge is 0.333 e. The van der Waals surface area contributed by atoms with Crippen molar-refractivity contribution in [2.75, 3.05) is 6.61 Å². The lowest BCUT2D eigenvalue weighted by atomic mass is 10.1. The summed E-state index contributed by atoms with van der Waals surface area (Å²) < 4.78 is 5.03. The predicted molar refractivity (Wildman–Crippen MR) is 82.1 cm³/mol. The van der Waals surface area contributed by atoms with Crippen LogP contribution in [0.3, 0.4) is 0 Å². The first-order chi connectivity index (χ1) is 9.18. The van der Waals surface area contributed by atoms with Crippen LogP contribution < -0.4 is 0 Å². The summed E-state index contributed by atoms with van der Waals surface area (Å²) in [6, 6.07) is 0. The normalized spacial score (nSPS) is 10.8. The number of carbonyl (C=O) groups excluding carboxylic acids is 1. The van der Waals surface area contributed by atoms with Crippen LogP contribution in [-0.2, 0) is 9.53 Å². The van der Waals surface area contributed by atoms with E-state index < -0.39 is 0 Å². The molecule has 0 amide bonds. The maximum atomic E-state index is 11.1. The molecule has 0 saturated carbocycles. The van der Waals surface area contributed by atoms with Crippen LogP contribution >= 0.6 is 0 Å². The quantitative estimate of drug-likeness (QED) is 0.210. The lowest BCUT2D eigenvalue weighted by Crippen LogP contribution is -2.05. The molecular weight excluding hydrogens is 236 g/mol. The summed E-state index contributed by atoms with van der Waals surface area (Å²) in [4.78, 5) is 11.1. The molecule has 0 unspecified atom stereocenters. The maximum Gasteiger partial charge on any atom is 0.333 e. The van der Waals surface area contributed by atoms with Gasteiger partial charge in [0.05, 0.1) is 6.61 Å². The van der Waals surface area contributed by atoms with Gasteiger partial charge in [0.1, 0.15) is 0 Å². The summed E-state index contributed by atoms with van der Waals surface area (Å²) >= 11 is 0. The molecule has 0 bridgehead atoms. The largest absolute Gasteiger partial charge is 0.462 e. The first-order valence-corrected chi connectivity index (χ1v) is 7.66. The third-order valence-electron chi connectivity index (χ3n) is 2.99. The number of hydrogen-bond acceptors (Lipinski definition) is 2. The molecule has 0 N–H and O–H groups in total. The second-order valence-corrected chi connectivity index (χ2v) is 5.09. The summed E-state index contributed by atoms with van der Waals surface area (Å²) in [5.41, 5.74) is 0.478. The van der Waals surface area contributed by atoms with Crippen molar-refractivity contribution in [3.63, 3.8) is 0 Å². The van der Waals surface area contributed by atoms with E-state index in [-0.39, 0.29) is 5.97 Å². The molecule has 0 radical (unpaired) electrons. The van der Waals surface area contributed by atoms with Crippen LogP contribution in [0, 0.1) is 0 Å². The first-order valence-electron chi connectivity index (χ1n) is 7.66. The van der Waals surface area contributed by atoms with E-state index in [2.05, 4.69) is 25.7 Å². The third-order valence-corrected chi connectivity index (χ3v) is 2.99. The number of hydrogen-bond donors (Lipinski definition) is 0. The monoisotopic (exact) mass is 266 g/mol. The average molecular weight is 266 g/mol. The van der Waals surface area contributed by atoms with Crippen molar-refractivity contribution in [2.24, 2.45) is 0 Å². The highest BCUT2D eigenvalue weighted by Crippen LogP contribution is 2.05. The van der Waals surface area contributed by atoms with E-state index in [1.165, 1.54) is 38.5 Å². The van der Waals surface area contributed by atoms with Gasteiger partial charge < -0.3 is 4.74 Å². The first kappa shape index (κ1) is 17.9. The predicted octanol–water partition coefficient (Wildman–Crippen LogP) is 5.19. The van der Waals surface area contributed by atoms with Crippen molar-refractivity contribution < 1.29 is 9.53 Å². The highest BCUT2D eigenvalue weighted by molar-refractivity contribution is 5.86. The highest BCUT2D eigenvalue weighted by atomic mass is 16.5.